The standard InChI is InChI=1S/C21H26O2/c1-14-15(2)20(23)9-8-19(14)16-10-12-21(3,13-11-16)17-4-6-18(22)7-5-17/h4-9,16,22-23H,10-13H2,1-3H3. The number of rotatable bonds is 2. The Morgan fingerprint density at radius 1 is 0.870 bits per heavy atom. The molecule has 0 amide bonds. The second kappa shape index (κ2) is 5.92. The van der Waals surface area contributed by atoms with Gasteiger partial charge in [-0.2, -0.15) is 0 Å². The summed E-state index contributed by atoms with van der Waals surface area (Å²) in [7, 11) is 0. The third-order valence-electron chi connectivity index (χ3n) is 5.89. The van der Waals surface area contributed by atoms with E-state index in [1.165, 1.54) is 29.5 Å². The number of benzene rings is 2. The van der Waals surface area contributed by atoms with Gasteiger partial charge >= 0.3 is 0 Å². The van der Waals surface area contributed by atoms with Crippen molar-refractivity contribution in [2.75, 3.05) is 0 Å². The molecule has 0 radical (unpaired) electrons. The van der Waals surface area contributed by atoms with E-state index >= 15 is 0 Å². The molecule has 0 aromatic heterocycles. The van der Waals surface area contributed by atoms with Crippen molar-refractivity contribution in [3.63, 3.8) is 0 Å². The van der Waals surface area contributed by atoms with Crippen molar-refractivity contribution in [1.82, 2.24) is 0 Å². The lowest BCUT2D eigenvalue weighted by Crippen LogP contribution is -2.28. The van der Waals surface area contributed by atoms with E-state index in [1.807, 2.05) is 13.0 Å². The minimum Gasteiger partial charge on any atom is -0.508 e. The highest BCUT2D eigenvalue weighted by Crippen LogP contribution is 2.46. The maximum Gasteiger partial charge on any atom is 0.118 e. The van der Waals surface area contributed by atoms with E-state index in [1.54, 1.807) is 12.1 Å². The Bertz CT molecular complexity index is 693. The summed E-state index contributed by atoms with van der Waals surface area (Å²) in [6, 6.07) is 11.6. The fourth-order valence-electron chi connectivity index (χ4n) is 3.99. The highest BCUT2D eigenvalue weighted by atomic mass is 16.3. The largest absolute Gasteiger partial charge is 0.508 e. The van der Waals surface area contributed by atoms with Crippen LogP contribution in [-0.4, -0.2) is 10.2 Å². The molecule has 1 aliphatic rings. The van der Waals surface area contributed by atoms with E-state index in [2.05, 4.69) is 32.0 Å². The normalized spacial score (nSPS) is 24.6. The number of phenolic OH excluding ortho intramolecular Hbond substituents is 2. The third-order valence-corrected chi connectivity index (χ3v) is 5.89. The predicted molar refractivity (Wildman–Crippen MR) is 94.2 cm³/mol. The van der Waals surface area contributed by atoms with Gasteiger partial charge in [-0.3, -0.25) is 0 Å². The van der Waals surface area contributed by atoms with Gasteiger partial charge in [-0.25, -0.2) is 0 Å². The SMILES string of the molecule is Cc1c(O)ccc(C2CCC(C)(c3ccc(O)cc3)CC2)c1C. The van der Waals surface area contributed by atoms with Gasteiger partial charge in [0.15, 0.2) is 0 Å². The van der Waals surface area contributed by atoms with E-state index in [0.717, 1.165) is 18.4 Å². The smallest absolute Gasteiger partial charge is 0.118 e. The van der Waals surface area contributed by atoms with Crippen molar-refractivity contribution in [2.24, 2.45) is 0 Å². The van der Waals surface area contributed by atoms with Gasteiger partial charge in [0.2, 0.25) is 0 Å². The number of hydrogen-bond acceptors (Lipinski definition) is 2. The van der Waals surface area contributed by atoms with Crippen LogP contribution in [0.1, 0.15) is 60.8 Å². The van der Waals surface area contributed by atoms with Crippen molar-refractivity contribution < 1.29 is 10.2 Å². The van der Waals surface area contributed by atoms with Crippen LogP contribution in [0, 0.1) is 13.8 Å². The van der Waals surface area contributed by atoms with Crippen LogP contribution in [0.5, 0.6) is 11.5 Å². The highest BCUT2D eigenvalue weighted by molar-refractivity contribution is 5.44. The van der Waals surface area contributed by atoms with Crippen molar-refractivity contribution in [3.8, 4) is 11.5 Å². The molecule has 122 valence electrons. The summed E-state index contributed by atoms with van der Waals surface area (Å²) < 4.78 is 0. The Morgan fingerprint density at radius 3 is 2.09 bits per heavy atom. The summed E-state index contributed by atoms with van der Waals surface area (Å²) >= 11 is 0. The zero-order valence-corrected chi connectivity index (χ0v) is 14.3. The van der Waals surface area contributed by atoms with Gasteiger partial charge in [0.05, 0.1) is 0 Å². The Kier molecular flexibility index (Phi) is 4.09. The minimum atomic E-state index is 0.198. The molecule has 0 heterocycles. The summed E-state index contributed by atoms with van der Waals surface area (Å²) in [6.07, 6.45) is 4.65. The molecule has 0 unspecified atom stereocenters. The van der Waals surface area contributed by atoms with Crippen LogP contribution in [0.25, 0.3) is 0 Å². The fourth-order valence-corrected chi connectivity index (χ4v) is 3.99. The summed E-state index contributed by atoms with van der Waals surface area (Å²) in [5, 5.41) is 19.3. The fraction of sp³-hybridized carbons (Fsp3) is 0.429. The topological polar surface area (TPSA) is 40.5 Å². The van der Waals surface area contributed by atoms with E-state index in [0.29, 0.717) is 17.4 Å². The van der Waals surface area contributed by atoms with Crippen molar-refractivity contribution >= 4 is 0 Å². The van der Waals surface area contributed by atoms with Crippen LogP contribution in [0.4, 0.5) is 0 Å². The molecule has 2 aromatic carbocycles. The summed E-state index contributed by atoms with van der Waals surface area (Å²) in [6.45, 7) is 6.46. The van der Waals surface area contributed by atoms with E-state index < -0.39 is 0 Å². The van der Waals surface area contributed by atoms with Crippen LogP contribution in [0.15, 0.2) is 36.4 Å². The molecule has 2 heteroatoms. The molecule has 0 spiro atoms. The molecule has 1 saturated carbocycles. The maximum atomic E-state index is 9.86. The van der Waals surface area contributed by atoms with Crippen molar-refractivity contribution in [1.29, 1.82) is 0 Å². The summed E-state index contributed by atoms with van der Waals surface area (Å²) in [4.78, 5) is 0. The second-order valence-electron chi connectivity index (χ2n) is 7.31. The Labute approximate surface area is 138 Å². The first-order valence-electron chi connectivity index (χ1n) is 8.49. The van der Waals surface area contributed by atoms with Crippen LogP contribution < -0.4 is 0 Å². The zero-order chi connectivity index (χ0) is 16.6. The molecular formula is C21H26O2. The first kappa shape index (κ1) is 15.9. The second-order valence-corrected chi connectivity index (χ2v) is 7.31. The molecule has 3 rings (SSSR count). The Hall–Kier alpha value is -1.96. The molecule has 0 bridgehead atoms. The molecule has 0 aliphatic heterocycles. The molecule has 2 nitrogen and oxygen atoms in total. The van der Waals surface area contributed by atoms with Crippen molar-refractivity contribution in [2.45, 2.75) is 57.8 Å². The van der Waals surface area contributed by atoms with Gasteiger partial charge in [0, 0.05) is 0 Å². The summed E-state index contributed by atoms with van der Waals surface area (Å²) in [5.74, 6) is 1.32. The van der Waals surface area contributed by atoms with E-state index in [-0.39, 0.29) is 5.41 Å². The lowest BCUT2D eigenvalue weighted by Gasteiger charge is -2.38. The number of phenols is 2. The lowest BCUT2D eigenvalue weighted by molar-refractivity contribution is 0.291. The van der Waals surface area contributed by atoms with E-state index in [9.17, 15) is 10.2 Å². The van der Waals surface area contributed by atoms with E-state index in [4.69, 9.17) is 0 Å². The van der Waals surface area contributed by atoms with Gasteiger partial charge in [-0.05, 0) is 91.3 Å². The number of aromatic hydroxyl groups is 2. The molecule has 1 fully saturated rings. The first-order chi connectivity index (χ1) is 10.9. The molecule has 1 aliphatic carbocycles. The predicted octanol–water partition coefficient (Wildman–Crippen LogP) is 5.33. The minimum absolute atomic E-state index is 0.198. The molecule has 23 heavy (non-hydrogen) atoms. The first-order valence-corrected chi connectivity index (χ1v) is 8.49. The molecule has 0 atom stereocenters. The molecule has 2 N–H and O–H groups in total. The van der Waals surface area contributed by atoms with Gasteiger partial charge in [0.1, 0.15) is 11.5 Å². The van der Waals surface area contributed by atoms with Gasteiger partial charge in [-0.15, -0.1) is 0 Å². The van der Waals surface area contributed by atoms with Gasteiger partial charge < -0.3 is 10.2 Å². The van der Waals surface area contributed by atoms with Crippen LogP contribution in [0.2, 0.25) is 0 Å². The van der Waals surface area contributed by atoms with Crippen LogP contribution >= 0.6 is 0 Å². The van der Waals surface area contributed by atoms with Gasteiger partial charge in [-0.1, -0.05) is 25.1 Å². The summed E-state index contributed by atoms with van der Waals surface area (Å²) in [5.41, 5.74) is 5.17. The maximum absolute atomic E-state index is 9.86. The molecular weight excluding hydrogens is 284 g/mol. The third kappa shape index (κ3) is 2.95. The highest BCUT2D eigenvalue weighted by Gasteiger charge is 2.33. The van der Waals surface area contributed by atoms with Crippen molar-refractivity contribution in [3.05, 3.63) is 58.7 Å². The Balaban J connectivity index is 1.78. The lowest BCUT2D eigenvalue weighted by atomic mass is 9.66. The van der Waals surface area contributed by atoms with Gasteiger partial charge in [0.25, 0.3) is 0 Å². The average Bonchev–Trinajstić information content (AvgIpc) is 2.55. The Morgan fingerprint density at radius 2 is 1.48 bits per heavy atom. The molecule has 0 saturated heterocycles. The monoisotopic (exact) mass is 310 g/mol. The quantitative estimate of drug-likeness (QED) is 0.787. The molecule has 2 aromatic rings. The van der Waals surface area contributed by atoms with Crippen LogP contribution in [-0.2, 0) is 5.41 Å². The number of hydrogen-bond donors (Lipinski definition) is 2. The average molecular weight is 310 g/mol. The zero-order valence-electron chi connectivity index (χ0n) is 14.3. The van der Waals surface area contributed by atoms with Crippen LogP contribution in [0.3, 0.4) is 0 Å².